The lowest BCUT2D eigenvalue weighted by Gasteiger charge is -2.09. The maximum absolute atomic E-state index is 6.07. The highest BCUT2D eigenvalue weighted by molar-refractivity contribution is 7.80. The average Bonchev–Trinajstić information content (AvgIpc) is 2.23. The molecule has 0 bridgehead atoms. The molecule has 0 aliphatic rings. The van der Waals surface area contributed by atoms with Gasteiger partial charge in [-0.05, 0) is 55.2 Å². The zero-order valence-corrected chi connectivity index (χ0v) is 10.9. The van der Waals surface area contributed by atoms with E-state index in [1.165, 1.54) is 11.1 Å². The zero-order valence-electron chi connectivity index (χ0n) is 9.22. The molecule has 1 aromatic rings. The van der Waals surface area contributed by atoms with E-state index in [0.29, 0.717) is 5.02 Å². The standard InChI is InChI=1S/C12H17ClOS/c1-9-7-12(14-2)11(13)8-10(9)5-3-4-6-15/h7-8,15H,3-6H2,1-2H3. The van der Waals surface area contributed by atoms with Crippen LogP contribution >= 0.6 is 24.2 Å². The van der Waals surface area contributed by atoms with E-state index in [-0.39, 0.29) is 0 Å². The molecule has 0 spiro atoms. The van der Waals surface area contributed by atoms with Gasteiger partial charge in [0.25, 0.3) is 0 Å². The molecule has 3 heteroatoms. The molecule has 0 aliphatic heterocycles. The van der Waals surface area contributed by atoms with Gasteiger partial charge >= 0.3 is 0 Å². The highest BCUT2D eigenvalue weighted by atomic mass is 35.5. The van der Waals surface area contributed by atoms with Crippen molar-refractivity contribution >= 4 is 24.2 Å². The summed E-state index contributed by atoms with van der Waals surface area (Å²) in [6.07, 6.45) is 3.37. The minimum atomic E-state index is 0.698. The molecule has 0 atom stereocenters. The predicted molar refractivity (Wildman–Crippen MR) is 69.5 cm³/mol. The lowest BCUT2D eigenvalue weighted by atomic mass is 10.0. The number of aryl methyl sites for hydroxylation is 2. The van der Waals surface area contributed by atoms with Gasteiger partial charge in [0.2, 0.25) is 0 Å². The Morgan fingerprint density at radius 1 is 1.33 bits per heavy atom. The monoisotopic (exact) mass is 244 g/mol. The van der Waals surface area contributed by atoms with Gasteiger partial charge in [0.15, 0.2) is 0 Å². The van der Waals surface area contributed by atoms with E-state index < -0.39 is 0 Å². The van der Waals surface area contributed by atoms with Gasteiger partial charge in [-0.25, -0.2) is 0 Å². The van der Waals surface area contributed by atoms with Crippen LogP contribution in [0.4, 0.5) is 0 Å². The van der Waals surface area contributed by atoms with Crippen molar-refractivity contribution in [3.05, 3.63) is 28.3 Å². The number of hydrogen-bond acceptors (Lipinski definition) is 2. The Bertz CT molecular complexity index is 326. The Labute approximate surface area is 102 Å². The second kappa shape index (κ2) is 6.29. The van der Waals surface area contributed by atoms with Crippen LogP contribution in [0.25, 0.3) is 0 Å². The van der Waals surface area contributed by atoms with Crippen LogP contribution in [-0.4, -0.2) is 12.9 Å². The SMILES string of the molecule is COc1cc(C)c(CCCCS)cc1Cl. The molecule has 0 aliphatic carbocycles. The fourth-order valence-electron chi connectivity index (χ4n) is 1.55. The number of benzene rings is 1. The van der Waals surface area contributed by atoms with Crippen LogP contribution in [0, 0.1) is 6.92 Å². The van der Waals surface area contributed by atoms with E-state index in [4.69, 9.17) is 16.3 Å². The van der Waals surface area contributed by atoms with E-state index in [1.54, 1.807) is 7.11 Å². The number of ether oxygens (including phenoxy) is 1. The summed E-state index contributed by atoms with van der Waals surface area (Å²) in [5.41, 5.74) is 2.55. The minimum absolute atomic E-state index is 0.698. The van der Waals surface area contributed by atoms with Gasteiger partial charge in [0.1, 0.15) is 5.75 Å². The van der Waals surface area contributed by atoms with Crippen LogP contribution in [0.2, 0.25) is 5.02 Å². The molecule has 15 heavy (non-hydrogen) atoms. The number of rotatable bonds is 5. The maximum Gasteiger partial charge on any atom is 0.137 e. The van der Waals surface area contributed by atoms with Crippen molar-refractivity contribution in [3.8, 4) is 5.75 Å². The fourth-order valence-corrected chi connectivity index (χ4v) is 2.04. The van der Waals surface area contributed by atoms with Crippen molar-refractivity contribution in [1.29, 1.82) is 0 Å². The Hall–Kier alpha value is -0.340. The van der Waals surface area contributed by atoms with Gasteiger partial charge in [-0.2, -0.15) is 12.6 Å². The summed E-state index contributed by atoms with van der Waals surface area (Å²) < 4.78 is 5.16. The molecule has 0 aromatic heterocycles. The second-order valence-electron chi connectivity index (χ2n) is 3.59. The maximum atomic E-state index is 6.07. The molecule has 1 rings (SSSR count). The van der Waals surface area contributed by atoms with E-state index in [2.05, 4.69) is 19.6 Å². The van der Waals surface area contributed by atoms with E-state index >= 15 is 0 Å². The largest absolute Gasteiger partial charge is 0.495 e. The molecule has 0 fully saturated rings. The molecule has 0 heterocycles. The molecule has 0 unspecified atom stereocenters. The number of methoxy groups -OCH3 is 1. The molecular formula is C12H17ClOS. The molecule has 0 saturated carbocycles. The molecule has 0 amide bonds. The van der Waals surface area contributed by atoms with Crippen LogP contribution in [0.15, 0.2) is 12.1 Å². The zero-order chi connectivity index (χ0) is 11.3. The van der Waals surface area contributed by atoms with Gasteiger partial charge in [-0.15, -0.1) is 0 Å². The Morgan fingerprint density at radius 3 is 2.67 bits per heavy atom. The first-order chi connectivity index (χ1) is 7.19. The van der Waals surface area contributed by atoms with E-state index in [0.717, 1.165) is 30.8 Å². The van der Waals surface area contributed by atoms with Crippen molar-refractivity contribution in [2.45, 2.75) is 26.2 Å². The molecule has 84 valence electrons. The quantitative estimate of drug-likeness (QED) is 0.610. The number of unbranched alkanes of at least 4 members (excludes halogenated alkanes) is 1. The Balaban J connectivity index is 2.76. The topological polar surface area (TPSA) is 9.23 Å². The van der Waals surface area contributed by atoms with Crippen LogP contribution in [-0.2, 0) is 6.42 Å². The van der Waals surface area contributed by atoms with Crippen molar-refractivity contribution in [3.63, 3.8) is 0 Å². The Morgan fingerprint density at radius 2 is 2.07 bits per heavy atom. The van der Waals surface area contributed by atoms with Gasteiger partial charge in [0.05, 0.1) is 12.1 Å². The van der Waals surface area contributed by atoms with Crippen LogP contribution < -0.4 is 4.74 Å². The van der Waals surface area contributed by atoms with Crippen LogP contribution in [0.1, 0.15) is 24.0 Å². The van der Waals surface area contributed by atoms with Crippen LogP contribution in [0.3, 0.4) is 0 Å². The summed E-state index contributed by atoms with van der Waals surface area (Å²) in [7, 11) is 1.64. The highest BCUT2D eigenvalue weighted by Crippen LogP contribution is 2.28. The fraction of sp³-hybridized carbons (Fsp3) is 0.500. The normalized spacial score (nSPS) is 10.4. The van der Waals surface area contributed by atoms with E-state index in [9.17, 15) is 0 Å². The summed E-state index contributed by atoms with van der Waals surface area (Å²) in [6.45, 7) is 2.09. The lowest BCUT2D eigenvalue weighted by molar-refractivity contribution is 0.414. The smallest absolute Gasteiger partial charge is 0.137 e. The van der Waals surface area contributed by atoms with Gasteiger partial charge < -0.3 is 4.74 Å². The van der Waals surface area contributed by atoms with Gasteiger partial charge in [-0.3, -0.25) is 0 Å². The van der Waals surface area contributed by atoms with Gasteiger partial charge in [0, 0.05) is 0 Å². The summed E-state index contributed by atoms with van der Waals surface area (Å²) in [5, 5.41) is 0.698. The first kappa shape index (κ1) is 12.7. The molecule has 1 aromatic carbocycles. The third-order valence-corrected chi connectivity index (χ3v) is 3.08. The average molecular weight is 245 g/mol. The number of thiol groups is 1. The van der Waals surface area contributed by atoms with Crippen LogP contribution in [0.5, 0.6) is 5.75 Å². The van der Waals surface area contributed by atoms with E-state index in [1.807, 2.05) is 12.1 Å². The first-order valence-electron chi connectivity index (χ1n) is 5.13. The molecule has 0 N–H and O–H groups in total. The number of halogens is 1. The molecule has 0 saturated heterocycles. The minimum Gasteiger partial charge on any atom is -0.495 e. The summed E-state index contributed by atoms with van der Waals surface area (Å²) in [5.74, 6) is 1.70. The highest BCUT2D eigenvalue weighted by Gasteiger charge is 2.05. The lowest BCUT2D eigenvalue weighted by Crippen LogP contribution is -1.93. The van der Waals surface area contributed by atoms with Gasteiger partial charge in [-0.1, -0.05) is 11.6 Å². The predicted octanol–water partition coefficient (Wildman–Crippen LogP) is 3.91. The van der Waals surface area contributed by atoms with Crippen molar-refractivity contribution < 1.29 is 4.74 Å². The number of hydrogen-bond donors (Lipinski definition) is 1. The second-order valence-corrected chi connectivity index (χ2v) is 4.45. The van der Waals surface area contributed by atoms with Crippen molar-refractivity contribution in [2.24, 2.45) is 0 Å². The molecule has 1 nitrogen and oxygen atoms in total. The first-order valence-corrected chi connectivity index (χ1v) is 6.14. The summed E-state index contributed by atoms with van der Waals surface area (Å²) >= 11 is 10.3. The molecular weight excluding hydrogens is 228 g/mol. The summed E-state index contributed by atoms with van der Waals surface area (Å²) in [6, 6.07) is 4.01. The third-order valence-electron chi connectivity index (χ3n) is 2.46. The van der Waals surface area contributed by atoms with Crippen molar-refractivity contribution in [1.82, 2.24) is 0 Å². The summed E-state index contributed by atoms with van der Waals surface area (Å²) in [4.78, 5) is 0. The third kappa shape index (κ3) is 3.62. The molecule has 0 radical (unpaired) electrons. The Kier molecular flexibility index (Phi) is 5.34. The van der Waals surface area contributed by atoms with Crippen molar-refractivity contribution in [2.75, 3.05) is 12.9 Å².